The smallest absolute Gasteiger partial charge is 0.213 e. The zero-order valence-electron chi connectivity index (χ0n) is 18.1. The molecule has 0 saturated carbocycles. The number of fused-ring (bicyclic) bond motifs is 3. The first-order valence-electron chi connectivity index (χ1n) is 10.6. The standard InChI is InChI=1S/C26H23Cl3N2O/c1-26(2,3)17-8-4-16(5-9-17)25-31-23(20-12-19(28)13-21(29)24(20)32-25)14-22(30-31)15-6-10-18(27)11-7-15/h4-13,23,25H,14H2,1-3H3/t23-,25-/m1/s1. The van der Waals surface area contributed by atoms with Crippen molar-refractivity contribution >= 4 is 40.5 Å². The van der Waals surface area contributed by atoms with Gasteiger partial charge in [-0.05, 0) is 40.8 Å². The molecule has 3 nitrogen and oxygen atoms in total. The van der Waals surface area contributed by atoms with E-state index in [9.17, 15) is 0 Å². The second-order valence-electron chi connectivity index (χ2n) is 9.30. The summed E-state index contributed by atoms with van der Waals surface area (Å²) in [6.07, 6.45) is 0.343. The Labute approximate surface area is 203 Å². The van der Waals surface area contributed by atoms with Crippen LogP contribution in [0.1, 0.15) is 61.7 Å². The predicted molar refractivity (Wildman–Crippen MR) is 132 cm³/mol. The minimum Gasteiger partial charge on any atom is -0.463 e. The minimum absolute atomic E-state index is 0.0204. The highest BCUT2D eigenvalue weighted by atomic mass is 35.5. The van der Waals surface area contributed by atoms with Crippen molar-refractivity contribution in [2.24, 2.45) is 5.10 Å². The number of hydrogen-bond donors (Lipinski definition) is 0. The largest absolute Gasteiger partial charge is 0.463 e. The Kier molecular flexibility index (Phi) is 5.40. The summed E-state index contributed by atoms with van der Waals surface area (Å²) < 4.78 is 6.45. The molecule has 2 aliphatic heterocycles. The molecule has 2 aliphatic rings. The number of rotatable bonds is 2. The van der Waals surface area contributed by atoms with Gasteiger partial charge in [0.2, 0.25) is 6.23 Å². The van der Waals surface area contributed by atoms with E-state index in [1.807, 2.05) is 35.3 Å². The van der Waals surface area contributed by atoms with Crippen molar-refractivity contribution in [3.63, 3.8) is 0 Å². The molecule has 0 radical (unpaired) electrons. The molecular weight excluding hydrogens is 463 g/mol. The van der Waals surface area contributed by atoms with Gasteiger partial charge in [0.15, 0.2) is 0 Å². The summed E-state index contributed by atoms with van der Waals surface area (Å²) in [7, 11) is 0. The normalized spacial score (nSPS) is 19.8. The Bertz CT molecular complexity index is 1200. The van der Waals surface area contributed by atoms with Crippen LogP contribution in [0.4, 0.5) is 0 Å². The predicted octanol–water partition coefficient (Wildman–Crippen LogP) is 8.19. The van der Waals surface area contributed by atoms with Gasteiger partial charge in [0.25, 0.3) is 0 Å². The van der Waals surface area contributed by atoms with Crippen molar-refractivity contribution in [2.45, 2.75) is 44.9 Å². The van der Waals surface area contributed by atoms with Crippen molar-refractivity contribution in [3.8, 4) is 5.75 Å². The number of ether oxygens (including phenoxy) is 1. The highest BCUT2D eigenvalue weighted by Gasteiger charge is 2.42. The minimum atomic E-state index is -0.384. The number of hydrogen-bond acceptors (Lipinski definition) is 3. The van der Waals surface area contributed by atoms with Crippen molar-refractivity contribution in [1.82, 2.24) is 5.01 Å². The van der Waals surface area contributed by atoms with Gasteiger partial charge in [-0.3, -0.25) is 0 Å². The Morgan fingerprint density at radius 3 is 2.25 bits per heavy atom. The van der Waals surface area contributed by atoms with Crippen LogP contribution in [0.2, 0.25) is 15.1 Å². The third-order valence-electron chi connectivity index (χ3n) is 6.05. The van der Waals surface area contributed by atoms with Gasteiger partial charge in [-0.2, -0.15) is 5.10 Å². The molecule has 2 heterocycles. The van der Waals surface area contributed by atoms with Crippen molar-refractivity contribution < 1.29 is 4.74 Å². The SMILES string of the molecule is CC(C)(C)c1ccc([C@H]2Oc3c(Cl)cc(Cl)cc3[C@H]3CC(c4ccc(Cl)cc4)=NN32)cc1. The van der Waals surface area contributed by atoms with Crippen LogP contribution in [0.3, 0.4) is 0 Å². The molecule has 0 spiro atoms. The van der Waals surface area contributed by atoms with Crippen LogP contribution in [-0.4, -0.2) is 10.7 Å². The van der Waals surface area contributed by atoms with Gasteiger partial charge in [-0.1, -0.05) is 92.0 Å². The second-order valence-corrected chi connectivity index (χ2v) is 10.6. The molecule has 5 rings (SSSR count). The van der Waals surface area contributed by atoms with E-state index in [1.54, 1.807) is 6.07 Å². The highest BCUT2D eigenvalue weighted by Crippen LogP contribution is 2.50. The van der Waals surface area contributed by atoms with E-state index in [4.69, 9.17) is 44.6 Å². The number of benzene rings is 3. The van der Waals surface area contributed by atoms with Crippen LogP contribution in [0.5, 0.6) is 5.75 Å². The van der Waals surface area contributed by atoms with Gasteiger partial charge in [-0.25, -0.2) is 5.01 Å². The Morgan fingerprint density at radius 1 is 0.906 bits per heavy atom. The quantitative estimate of drug-likeness (QED) is 0.365. The molecule has 0 aliphatic carbocycles. The molecular formula is C26H23Cl3N2O. The summed E-state index contributed by atoms with van der Waals surface area (Å²) in [6, 6.07) is 20.0. The topological polar surface area (TPSA) is 24.8 Å². The third-order valence-corrected chi connectivity index (χ3v) is 6.80. The summed E-state index contributed by atoms with van der Waals surface area (Å²) in [5, 5.41) is 8.83. The molecule has 0 saturated heterocycles. The molecule has 6 heteroatoms. The second kappa shape index (κ2) is 7.98. The highest BCUT2D eigenvalue weighted by molar-refractivity contribution is 6.35. The van der Waals surface area contributed by atoms with E-state index in [2.05, 4.69) is 45.0 Å². The average molecular weight is 486 g/mol. The van der Waals surface area contributed by atoms with E-state index in [0.29, 0.717) is 20.8 Å². The van der Waals surface area contributed by atoms with Gasteiger partial charge in [0, 0.05) is 27.6 Å². The molecule has 3 aromatic rings. The lowest BCUT2D eigenvalue weighted by molar-refractivity contribution is -0.0189. The summed E-state index contributed by atoms with van der Waals surface area (Å²) >= 11 is 19.0. The van der Waals surface area contributed by atoms with Crippen LogP contribution in [-0.2, 0) is 5.41 Å². The Morgan fingerprint density at radius 2 is 1.59 bits per heavy atom. The van der Waals surface area contributed by atoms with E-state index >= 15 is 0 Å². The molecule has 32 heavy (non-hydrogen) atoms. The summed E-state index contributed by atoms with van der Waals surface area (Å²) in [5.74, 6) is 0.676. The lowest BCUT2D eigenvalue weighted by Gasteiger charge is -2.38. The first-order valence-corrected chi connectivity index (χ1v) is 11.7. The molecule has 0 bridgehead atoms. The maximum Gasteiger partial charge on any atom is 0.213 e. The zero-order valence-corrected chi connectivity index (χ0v) is 20.3. The first kappa shape index (κ1) is 21.6. The summed E-state index contributed by atoms with van der Waals surface area (Å²) in [5.41, 5.74) is 5.36. The monoisotopic (exact) mass is 484 g/mol. The molecule has 0 aromatic heterocycles. The molecule has 0 unspecified atom stereocenters. The fourth-order valence-corrected chi connectivity index (χ4v) is 4.98. The number of nitrogens with zero attached hydrogens (tertiary/aromatic N) is 2. The fraction of sp³-hybridized carbons (Fsp3) is 0.269. The van der Waals surface area contributed by atoms with E-state index < -0.39 is 0 Å². The van der Waals surface area contributed by atoms with Crippen LogP contribution in [0.15, 0.2) is 65.8 Å². The van der Waals surface area contributed by atoms with Crippen molar-refractivity contribution in [1.29, 1.82) is 0 Å². The first-order chi connectivity index (χ1) is 15.2. The van der Waals surface area contributed by atoms with Gasteiger partial charge < -0.3 is 4.74 Å². The Hall–Kier alpha value is -2.20. The molecule has 0 N–H and O–H groups in total. The van der Waals surface area contributed by atoms with Gasteiger partial charge in [-0.15, -0.1) is 0 Å². The van der Waals surface area contributed by atoms with Gasteiger partial charge >= 0.3 is 0 Å². The molecule has 3 aromatic carbocycles. The van der Waals surface area contributed by atoms with Gasteiger partial charge in [0.1, 0.15) is 5.75 Å². The molecule has 2 atom stereocenters. The number of hydrazone groups is 1. The van der Waals surface area contributed by atoms with E-state index in [1.165, 1.54) is 5.56 Å². The fourth-order valence-electron chi connectivity index (χ4n) is 4.30. The van der Waals surface area contributed by atoms with E-state index in [0.717, 1.165) is 28.8 Å². The summed E-state index contributed by atoms with van der Waals surface area (Å²) in [4.78, 5) is 0. The van der Waals surface area contributed by atoms with Crippen LogP contribution >= 0.6 is 34.8 Å². The summed E-state index contributed by atoms with van der Waals surface area (Å²) in [6.45, 7) is 6.62. The molecule has 0 fully saturated rings. The maximum absolute atomic E-state index is 6.57. The molecule has 0 amide bonds. The third kappa shape index (κ3) is 3.87. The average Bonchev–Trinajstić information content (AvgIpc) is 3.19. The van der Waals surface area contributed by atoms with E-state index in [-0.39, 0.29) is 17.7 Å². The van der Waals surface area contributed by atoms with Crippen molar-refractivity contribution in [2.75, 3.05) is 0 Å². The van der Waals surface area contributed by atoms with Gasteiger partial charge in [0.05, 0.1) is 16.8 Å². The van der Waals surface area contributed by atoms with Crippen molar-refractivity contribution in [3.05, 3.63) is 98.0 Å². The maximum atomic E-state index is 6.57. The lowest BCUT2D eigenvalue weighted by Crippen LogP contribution is -2.34. The molecule has 164 valence electrons. The van der Waals surface area contributed by atoms with Crippen LogP contribution in [0, 0.1) is 0 Å². The van der Waals surface area contributed by atoms with Crippen LogP contribution in [0.25, 0.3) is 0 Å². The number of halogens is 3. The van der Waals surface area contributed by atoms with Crippen LogP contribution < -0.4 is 4.74 Å². The Balaban J connectivity index is 1.59. The lowest BCUT2D eigenvalue weighted by atomic mass is 9.86. The zero-order chi connectivity index (χ0) is 22.6.